The molecule has 4 heterocycles. The van der Waals surface area contributed by atoms with Crippen LogP contribution in [0.25, 0.3) is 0 Å². The van der Waals surface area contributed by atoms with Crippen LogP contribution in [0, 0.1) is 0 Å². The summed E-state index contributed by atoms with van der Waals surface area (Å²) in [6.07, 6.45) is 0.238. The molecule has 0 saturated carbocycles. The summed E-state index contributed by atoms with van der Waals surface area (Å²) in [4.78, 5) is 28.1. The number of carbonyl (C=O) groups excluding carboxylic acids is 2. The number of amides is 2. The molecule has 2 aromatic rings. The summed E-state index contributed by atoms with van der Waals surface area (Å²) in [5.41, 5.74) is 3.99. The highest BCUT2D eigenvalue weighted by atomic mass is 16.5. The zero-order valence-electron chi connectivity index (χ0n) is 19.0. The van der Waals surface area contributed by atoms with Crippen LogP contribution in [0.3, 0.4) is 0 Å². The first-order valence-corrected chi connectivity index (χ1v) is 11.4. The van der Waals surface area contributed by atoms with Gasteiger partial charge >= 0.3 is 12.2 Å². The van der Waals surface area contributed by atoms with Crippen LogP contribution in [0.5, 0.6) is 0 Å². The van der Waals surface area contributed by atoms with Crippen molar-refractivity contribution >= 4 is 29.2 Å². The van der Waals surface area contributed by atoms with E-state index in [9.17, 15) is 9.59 Å². The SMILES string of the molecule is COC(=O)N1CC[C@@H]2c3cccc(/N=N/[C@]45CCN(C(=O)OC)C4Nc4ccccc45)c3NC21. The number of ether oxygens (including phenoxy) is 2. The Morgan fingerprint density at radius 1 is 1.00 bits per heavy atom. The number of methoxy groups -OCH3 is 2. The van der Waals surface area contributed by atoms with Gasteiger partial charge in [-0.25, -0.2) is 9.59 Å². The van der Waals surface area contributed by atoms with Crippen LogP contribution < -0.4 is 10.6 Å². The zero-order valence-corrected chi connectivity index (χ0v) is 19.0. The van der Waals surface area contributed by atoms with Crippen LogP contribution >= 0.6 is 0 Å². The molecule has 34 heavy (non-hydrogen) atoms. The van der Waals surface area contributed by atoms with Gasteiger partial charge in [0.15, 0.2) is 0 Å². The van der Waals surface area contributed by atoms with Crippen LogP contribution in [-0.2, 0) is 15.0 Å². The molecule has 4 aliphatic heterocycles. The van der Waals surface area contributed by atoms with Crippen LogP contribution in [0.1, 0.15) is 29.9 Å². The lowest BCUT2D eigenvalue weighted by molar-refractivity contribution is 0.118. The molecule has 4 atom stereocenters. The number of benzene rings is 2. The third-order valence-electron chi connectivity index (χ3n) is 7.50. The maximum Gasteiger partial charge on any atom is 0.411 e. The molecule has 10 nitrogen and oxygen atoms in total. The largest absolute Gasteiger partial charge is 0.453 e. The van der Waals surface area contributed by atoms with Gasteiger partial charge < -0.3 is 20.1 Å². The van der Waals surface area contributed by atoms with Gasteiger partial charge in [-0.1, -0.05) is 30.3 Å². The smallest absolute Gasteiger partial charge is 0.411 e. The predicted octanol–water partition coefficient (Wildman–Crippen LogP) is 4.20. The van der Waals surface area contributed by atoms with Crippen molar-refractivity contribution < 1.29 is 19.1 Å². The van der Waals surface area contributed by atoms with Crippen molar-refractivity contribution in [1.82, 2.24) is 9.80 Å². The average Bonchev–Trinajstić information content (AvgIpc) is 3.60. The summed E-state index contributed by atoms with van der Waals surface area (Å²) in [5.74, 6) is 0.185. The Hall–Kier alpha value is -3.82. The number of likely N-dealkylation sites (tertiary alicyclic amines) is 2. The zero-order chi connectivity index (χ0) is 23.4. The van der Waals surface area contributed by atoms with E-state index >= 15 is 0 Å². The monoisotopic (exact) mass is 462 g/mol. The van der Waals surface area contributed by atoms with E-state index in [1.165, 1.54) is 14.2 Å². The molecule has 2 N–H and O–H groups in total. The molecule has 6 rings (SSSR count). The molecule has 0 bridgehead atoms. The maximum atomic E-state index is 12.4. The van der Waals surface area contributed by atoms with Crippen LogP contribution in [-0.4, -0.2) is 61.6 Å². The molecular weight excluding hydrogens is 436 g/mol. The Balaban J connectivity index is 1.36. The van der Waals surface area contributed by atoms with Crippen LogP contribution in [0.2, 0.25) is 0 Å². The van der Waals surface area contributed by atoms with E-state index < -0.39 is 5.54 Å². The molecule has 2 amide bonds. The van der Waals surface area contributed by atoms with Crippen molar-refractivity contribution in [3.63, 3.8) is 0 Å². The summed E-state index contributed by atoms with van der Waals surface area (Å²) < 4.78 is 9.97. The van der Waals surface area contributed by atoms with Gasteiger partial charge in [-0.2, -0.15) is 10.2 Å². The summed E-state index contributed by atoms with van der Waals surface area (Å²) in [6, 6.07) is 13.9. The van der Waals surface area contributed by atoms with Gasteiger partial charge in [-0.05, 0) is 24.1 Å². The normalized spacial score (nSPS) is 28.1. The number of fused-ring (bicyclic) bond motifs is 6. The number of hydrogen-bond donors (Lipinski definition) is 2. The fourth-order valence-electron chi connectivity index (χ4n) is 5.92. The Morgan fingerprint density at radius 3 is 2.62 bits per heavy atom. The molecule has 4 aliphatic rings. The van der Waals surface area contributed by atoms with Crippen LogP contribution in [0.4, 0.5) is 26.7 Å². The van der Waals surface area contributed by atoms with E-state index in [2.05, 4.69) is 16.7 Å². The van der Waals surface area contributed by atoms with Gasteiger partial charge in [-0.3, -0.25) is 9.80 Å². The van der Waals surface area contributed by atoms with E-state index in [4.69, 9.17) is 19.7 Å². The molecule has 2 fully saturated rings. The fraction of sp³-hybridized carbons (Fsp3) is 0.417. The molecule has 2 saturated heterocycles. The van der Waals surface area contributed by atoms with Crippen molar-refractivity contribution in [2.24, 2.45) is 10.2 Å². The van der Waals surface area contributed by atoms with E-state index in [1.807, 2.05) is 36.4 Å². The first-order valence-electron chi connectivity index (χ1n) is 11.4. The number of anilines is 2. The molecule has 2 aromatic carbocycles. The number of rotatable bonds is 2. The highest BCUT2D eigenvalue weighted by molar-refractivity contribution is 5.77. The number of para-hydroxylation sites is 2. The summed E-state index contributed by atoms with van der Waals surface area (Å²) in [7, 11) is 2.79. The molecule has 0 aromatic heterocycles. The lowest BCUT2D eigenvalue weighted by Gasteiger charge is -2.27. The average molecular weight is 463 g/mol. The standard InChI is InChI=1S/C24H26N6O4/c1-33-22(31)29-12-10-15-14-6-5-9-18(19(14)26-20(15)29)27-28-24-11-13-30(23(32)34-2)21(24)25-17-8-4-3-7-16(17)24/h3-9,15,20-21,25-26H,10-13H2,1-2H3/b28-27+/t15-,20?,21?,24+/m1/s1. The van der Waals surface area contributed by atoms with Crippen molar-refractivity contribution in [3.05, 3.63) is 53.6 Å². The number of azo groups is 1. The maximum absolute atomic E-state index is 12.4. The number of hydrogen-bond acceptors (Lipinski definition) is 8. The second-order valence-corrected chi connectivity index (χ2v) is 9.02. The topological polar surface area (TPSA) is 108 Å². The molecule has 0 aliphatic carbocycles. The summed E-state index contributed by atoms with van der Waals surface area (Å²) in [5, 5.41) is 16.6. The van der Waals surface area contributed by atoms with E-state index in [1.54, 1.807) is 9.80 Å². The van der Waals surface area contributed by atoms with Gasteiger partial charge in [0, 0.05) is 36.7 Å². The highest BCUT2D eigenvalue weighted by Gasteiger charge is 2.56. The summed E-state index contributed by atoms with van der Waals surface area (Å²) in [6.45, 7) is 1.16. The molecule has 2 unspecified atom stereocenters. The molecule has 0 radical (unpaired) electrons. The molecule has 10 heteroatoms. The molecular formula is C24H26N6O4. The Morgan fingerprint density at radius 2 is 1.79 bits per heavy atom. The van der Waals surface area contributed by atoms with Crippen molar-refractivity contribution in [3.8, 4) is 0 Å². The van der Waals surface area contributed by atoms with Crippen molar-refractivity contribution in [1.29, 1.82) is 0 Å². The lowest BCUT2D eigenvalue weighted by atomic mass is 9.90. The predicted molar refractivity (Wildman–Crippen MR) is 124 cm³/mol. The van der Waals surface area contributed by atoms with Gasteiger partial charge in [0.2, 0.25) is 0 Å². The summed E-state index contributed by atoms with van der Waals surface area (Å²) >= 11 is 0. The van der Waals surface area contributed by atoms with E-state index in [0.29, 0.717) is 25.2 Å². The lowest BCUT2D eigenvalue weighted by Crippen LogP contribution is -2.45. The first kappa shape index (κ1) is 20.8. The third-order valence-corrected chi connectivity index (χ3v) is 7.50. The van der Waals surface area contributed by atoms with Gasteiger partial charge in [0.25, 0.3) is 0 Å². The van der Waals surface area contributed by atoms with Gasteiger partial charge in [-0.15, -0.1) is 0 Å². The fourth-order valence-corrected chi connectivity index (χ4v) is 5.92. The van der Waals surface area contributed by atoms with E-state index in [-0.39, 0.29) is 30.4 Å². The minimum absolute atomic E-state index is 0.153. The first-order chi connectivity index (χ1) is 16.6. The molecule has 0 spiro atoms. The van der Waals surface area contributed by atoms with Gasteiger partial charge in [0.1, 0.15) is 23.6 Å². The van der Waals surface area contributed by atoms with Crippen molar-refractivity contribution in [2.45, 2.75) is 36.6 Å². The Kier molecular flexibility index (Phi) is 4.65. The Bertz CT molecular complexity index is 1200. The minimum Gasteiger partial charge on any atom is -0.453 e. The highest BCUT2D eigenvalue weighted by Crippen LogP contribution is 2.52. The van der Waals surface area contributed by atoms with E-state index in [0.717, 1.165) is 28.9 Å². The second-order valence-electron chi connectivity index (χ2n) is 9.02. The number of nitrogens with zero attached hydrogens (tertiary/aromatic N) is 4. The number of nitrogens with one attached hydrogen (secondary N) is 2. The Labute approximate surface area is 196 Å². The number of carbonyl (C=O) groups is 2. The third kappa shape index (κ3) is 2.80. The quantitative estimate of drug-likeness (QED) is 0.648. The minimum atomic E-state index is -0.708. The van der Waals surface area contributed by atoms with Crippen LogP contribution in [0.15, 0.2) is 52.7 Å². The second kappa shape index (κ2) is 7.61. The van der Waals surface area contributed by atoms with Crippen molar-refractivity contribution in [2.75, 3.05) is 37.9 Å². The van der Waals surface area contributed by atoms with Gasteiger partial charge in [0.05, 0.1) is 19.9 Å². The molecule has 176 valence electrons.